The summed E-state index contributed by atoms with van der Waals surface area (Å²) in [5.74, 6) is -0.676. The molecule has 0 unspecified atom stereocenters. The summed E-state index contributed by atoms with van der Waals surface area (Å²) >= 11 is 0. The number of carbonyl (C=O) groups is 2. The zero-order valence-electron chi connectivity index (χ0n) is 18.1. The lowest BCUT2D eigenvalue weighted by atomic mass is 9.86. The molecule has 1 amide bonds. The first-order valence-corrected chi connectivity index (χ1v) is 11.3. The maximum absolute atomic E-state index is 13.6. The normalized spacial score (nSPS) is 18.7. The minimum absolute atomic E-state index is 0.224. The Hall–Kier alpha value is -3.76. The molecule has 0 saturated heterocycles. The van der Waals surface area contributed by atoms with Crippen molar-refractivity contribution < 1.29 is 14.7 Å². The molecule has 1 N–H and O–H groups in total. The number of aliphatic hydroxyl groups is 1. The minimum Gasteiger partial charge on any atom is -0.375 e. The monoisotopic (exact) mass is 433 g/mol. The molecule has 0 aromatic heterocycles. The van der Waals surface area contributed by atoms with Gasteiger partial charge in [0.1, 0.15) is 0 Å². The number of fused-ring (bicyclic) bond motifs is 1. The highest BCUT2D eigenvalue weighted by atomic mass is 16.3. The van der Waals surface area contributed by atoms with Crippen molar-refractivity contribution in [2.45, 2.75) is 31.4 Å². The summed E-state index contributed by atoms with van der Waals surface area (Å²) in [6.07, 6.45) is 1.68. The average molecular weight is 434 g/mol. The number of hydrogen-bond acceptors (Lipinski definition) is 3. The first-order valence-electron chi connectivity index (χ1n) is 11.3. The second-order valence-corrected chi connectivity index (χ2v) is 8.97. The minimum atomic E-state index is -1.88. The molecule has 2 aliphatic rings. The fourth-order valence-electron chi connectivity index (χ4n) is 5.42. The van der Waals surface area contributed by atoms with E-state index in [-0.39, 0.29) is 12.2 Å². The van der Waals surface area contributed by atoms with Gasteiger partial charge in [-0.1, -0.05) is 78.9 Å². The van der Waals surface area contributed by atoms with E-state index in [4.69, 9.17) is 0 Å². The van der Waals surface area contributed by atoms with Crippen LogP contribution in [-0.2, 0) is 29.8 Å². The van der Waals surface area contributed by atoms with Gasteiger partial charge >= 0.3 is 0 Å². The number of rotatable bonds is 5. The van der Waals surface area contributed by atoms with Crippen molar-refractivity contribution in [1.82, 2.24) is 0 Å². The van der Waals surface area contributed by atoms with Gasteiger partial charge in [0.05, 0.1) is 18.7 Å². The third-order valence-corrected chi connectivity index (χ3v) is 7.02. The number of para-hydroxylation sites is 1. The highest BCUT2D eigenvalue weighted by Crippen LogP contribution is 2.44. The summed E-state index contributed by atoms with van der Waals surface area (Å²) in [6, 6.07) is 26.8. The van der Waals surface area contributed by atoms with E-state index in [2.05, 4.69) is 6.07 Å². The van der Waals surface area contributed by atoms with Crippen molar-refractivity contribution in [3.8, 4) is 0 Å². The smallest absolute Gasteiger partial charge is 0.264 e. The number of hydrogen-bond donors (Lipinski definition) is 1. The number of aryl methyl sites for hydroxylation is 2. The van der Waals surface area contributed by atoms with Crippen molar-refractivity contribution >= 4 is 28.2 Å². The van der Waals surface area contributed by atoms with Gasteiger partial charge < -0.3 is 10.0 Å². The topological polar surface area (TPSA) is 57.6 Å². The molecule has 1 heterocycles. The van der Waals surface area contributed by atoms with Gasteiger partial charge in [0, 0.05) is 11.1 Å². The van der Waals surface area contributed by atoms with E-state index in [0.29, 0.717) is 23.4 Å². The van der Waals surface area contributed by atoms with Gasteiger partial charge in [-0.2, -0.15) is 0 Å². The molecule has 33 heavy (non-hydrogen) atoms. The zero-order chi connectivity index (χ0) is 22.6. The van der Waals surface area contributed by atoms with Crippen LogP contribution in [0.5, 0.6) is 0 Å². The molecule has 1 atom stereocenters. The second-order valence-electron chi connectivity index (χ2n) is 8.97. The zero-order valence-corrected chi connectivity index (χ0v) is 18.1. The Morgan fingerprint density at radius 2 is 1.58 bits per heavy atom. The maximum Gasteiger partial charge on any atom is 0.264 e. The van der Waals surface area contributed by atoms with Gasteiger partial charge in [0.25, 0.3) is 5.91 Å². The SMILES string of the molecule is O=C(C[C@]1(O)C(=O)N(Cc2ccccc2)c2ccccc21)c1ccc2c3c(cccc13)CC2. The first kappa shape index (κ1) is 19.9. The van der Waals surface area contributed by atoms with Crippen LogP contribution in [0.1, 0.15) is 39.0 Å². The summed E-state index contributed by atoms with van der Waals surface area (Å²) in [4.78, 5) is 28.7. The van der Waals surface area contributed by atoms with Gasteiger partial charge in [-0.05, 0) is 46.4 Å². The maximum atomic E-state index is 13.6. The van der Waals surface area contributed by atoms with Crippen LogP contribution < -0.4 is 4.90 Å². The molecule has 0 bridgehead atoms. The van der Waals surface area contributed by atoms with Crippen LogP contribution in [0.25, 0.3) is 10.8 Å². The van der Waals surface area contributed by atoms with Crippen molar-refractivity contribution in [3.05, 3.63) is 113 Å². The molecule has 4 aromatic rings. The molecule has 4 aromatic carbocycles. The van der Waals surface area contributed by atoms with E-state index in [1.807, 2.05) is 66.7 Å². The summed E-state index contributed by atoms with van der Waals surface area (Å²) in [5.41, 5.74) is 3.30. The highest BCUT2D eigenvalue weighted by molar-refractivity contribution is 6.14. The third-order valence-electron chi connectivity index (χ3n) is 7.02. The lowest BCUT2D eigenvalue weighted by Crippen LogP contribution is -2.41. The summed E-state index contributed by atoms with van der Waals surface area (Å²) in [5, 5.41) is 13.7. The van der Waals surface area contributed by atoms with Gasteiger partial charge in [-0.3, -0.25) is 9.59 Å². The quantitative estimate of drug-likeness (QED) is 0.453. The number of benzene rings is 4. The fourth-order valence-corrected chi connectivity index (χ4v) is 5.42. The van der Waals surface area contributed by atoms with E-state index in [9.17, 15) is 14.7 Å². The molecular weight excluding hydrogens is 410 g/mol. The van der Waals surface area contributed by atoms with E-state index in [1.165, 1.54) is 11.1 Å². The Bertz CT molecular complexity index is 1420. The third kappa shape index (κ3) is 3.02. The van der Waals surface area contributed by atoms with Gasteiger partial charge in [-0.25, -0.2) is 0 Å². The van der Waals surface area contributed by atoms with Gasteiger partial charge in [0.2, 0.25) is 0 Å². The predicted molar refractivity (Wildman–Crippen MR) is 128 cm³/mol. The molecule has 0 saturated carbocycles. The van der Waals surface area contributed by atoms with Gasteiger partial charge in [0.15, 0.2) is 11.4 Å². The van der Waals surface area contributed by atoms with Crippen LogP contribution in [0.15, 0.2) is 84.9 Å². The first-order chi connectivity index (χ1) is 16.1. The Morgan fingerprint density at radius 3 is 2.39 bits per heavy atom. The van der Waals surface area contributed by atoms with E-state index in [0.717, 1.165) is 29.2 Å². The van der Waals surface area contributed by atoms with Crippen LogP contribution in [0.2, 0.25) is 0 Å². The fraction of sp³-hybridized carbons (Fsp3) is 0.172. The summed E-state index contributed by atoms with van der Waals surface area (Å²) in [6.45, 7) is 0.341. The molecule has 4 nitrogen and oxygen atoms in total. The number of anilines is 1. The number of amides is 1. The predicted octanol–water partition coefficient (Wildman–Crippen LogP) is 4.95. The largest absolute Gasteiger partial charge is 0.375 e. The average Bonchev–Trinajstić information content (AvgIpc) is 3.35. The summed E-state index contributed by atoms with van der Waals surface area (Å²) in [7, 11) is 0. The second kappa shape index (κ2) is 7.39. The Labute approximate surface area is 192 Å². The molecular formula is C29H23NO3. The molecule has 162 valence electrons. The van der Waals surface area contributed by atoms with E-state index < -0.39 is 11.5 Å². The van der Waals surface area contributed by atoms with Crippen LogP contribution in [0.3, 0.4) is 0 Å². The Balaban J connectivity index is 1.38. The number of carbonyl (C=O) groups excluding carboxylic acids is 2. The molecule has 1 aliphatic heterocycles. The standard InChI is InChI=1S/C29H23NO3/c31-26(22-16-15-21-14-13-20-9-6-10-23(22)27(20)21)17-29(33)24-11-4-5-12-25(24)30(28(29)32)18-19-7-2-1-3-8-19/h1-12,15-16,33H,13-14,17-18H2/t29-/m1/s1. The van der Waals surface area contributed by atoms with E-state index >= 15 is 0 Å². The molecule has 1 aliphatic carbocycles. The Kier molecular flexibility index (Phi) is 4.46. The van der Waals surface area contributed by atoms with Gasteiger partial charge in [-0.15, -0.1) is 0 Å². The van der Waals surface area contributed by atoms with E-state index in [1.54, 1.807) is 17.0 Å². The van der Waals surface area contributed by atoms with Crippen LogP contribution in [0, 0.1) is 0 Å². The lowest BCUT2D eigenvalue weighted by molar-refractivity contribution is -0.136. The molecule has 6 rings (SSSR count). The number of ketones is 1. The van der Waals surface area contributed by atoms with Crippen molar-refractivity contribution in [2.75, 3.05) is 4.90 Å². The number of Topliss-reactive ketones (excluding diaryl/α,β-unsaturated/α-hetero) is 1. The molecule has 0 fully saturated rings. The highest BCUT2D eigenvalue weighted by Gasteiger charge is 2.50. The molecule has 0 spiro atoms. The Morgan fingerprint density at radius 1 is 0.848 bits per heavy atom. The van der Waals surface area contributed by atoms with Crippen LogP contribution in [-0.4, -0.2) is 16.8 Å². The van der Waals surface area contributed by atoms with Crippen molar-refractivity contribution in [1.29, 1.82) is 0 Å². The van der Waals surface area contributed by atoms with Crippen LogP contribution in [0.4, 0.5) is 5.69 Å². The number of nitrogens with zero attached hydrogens (tertiary/aromatic N) is 1. The van der Waals surface area contributed by atoms with Crippen molar-refractivity contribution in [2.24, 2.45) is 0 Å². The molecule has 0 radical (unpaired) electrons. The van der Waals surface area contributed by atoms with Crippen molar-refractivity contribution in [3.63, 3.8) is 0 Å². The van der Waals surface area contributed by atoms with Crippen LogP contribution >= 0.6 is 0 Å². The molecule has 4 heteroatoms. The lowest BCUT2D eigenvalue weighted by Gasteiger charge is -2.23. The summed E-state index contributed by atoms with van der Waals surface area (Å²) < 4.78 is 0.